The predicted octanol–water partition coefficient (Wildman–Crippen LogP) is 2.13. The second-order valence-electron chi connectivity index (χ2n) is 5.94. The number of piperidine rings is 1. The van der Waals surface area contributed by atoms with Crippen LogP contribution in [0.3, 0.4) is 0 Å². The van der Waals surface area contributed by atoms with Gasteiger partial charge < -0.3 is 4.90 Å². The van der Waals surface area contributed by atoms with Crippen molar-refractivity contribution in [1.82, 2.24) is 9.80 Å². The molecule has 1 aromatic rings. The van der Waals surface area contributed by atoms with Crippen LogP contribution in [-0.4, -0.2) is 40.6 Å². The van der Waals surface area contributed by atoms with E-state index in [2.05, 4.69) is 0 Å². The highest BCUT2D eigenvalue weighted by Gasteiger charge is 2.40. The van der Waals surface area contributed by atoms with Gasteiger partial charge in [0.2, 0.25) is 11.8 Å². The molecule has 5 heteroatoms. The van der Waals surface area contributed by atoms with Gasteiger partial charge in [0.1, 0.15) is 0 Å². The van der Waals surface area contributed by atoms with Gasteiger partial charge in [0, 0.05) is 25.6 Å². The highest BCUT2D eigenvalue weighted by molar-refractivity contribution is 6.08. The average molecular weight is 300 g/mol. The molecule has 1 saturated heterocycles. The Morgan fingerprint density at radius 3 is 2.50 bits per heavy atom. The van der Waals surface area contributed by atoms with E-state index in [1.165, 1.54) is 11.8 Å². The van der Waals surface area contributed by atoms with Gasteiger partial charge in [-0.2, -0.15) is 0 Å². The highest BCUT2D eigenvalue weighted by Crippen LogP contribution is 2.36. The van der Waals surface area contributed by atoms with Crippen molar-refractivity contribution >= 4 is 17.7 Å². The average Bonchev–Trinajstić information content (AvgIpc) is 2.81. The zero-order valence-corrected chi connectivity index (χ0v) is 12.7. The van der Waals surface area contributed by atoms with E-state index in [0.29, 0.717) is 5.56 Å². The standard InChI is InChI=1S/C17H20N2O3/c1-12(20)19-15(11-16(21)18-9-5-2-6-10-18)13-7-3-4-8-14(13)17(19)22/h3-4,7-8,15H,2,5-6,9-11H2,1H3. The molecule has 1 unspecified atom stereocenters. The molecule has 0 radical (unpaired) electrons. The van der Waals surface area contributed by atoms with E-state index in [1.807, 2.05) is 17.0 Å². The number of hydrogen-bond acceptors (Lipinski definition) is 3. The molecule has 0 aromatic heterocycles. The number of benzene rings is 1. The number of imide groups is 1. The number of carbonyl (C=O) groups is 3. The lowest BCUT2D eigenvalue weighted by Crippen LogP contribution is -2.39. The van der Waals surface area contributed by atoms with Crippen molar-refractivity contribution in [3.05, 3.63) is 35.4 Å². The topological polar surface area (TPSA) is 57.7 Å². The number of nitrogens with zero attached hydrogens (tertiary/aromatic N) is 2. The first-order valence-electron chi connectivity index (χ1n) is 7.80. The third-order valence-corrected chi connectivity index (χ3v) is 4.50. The lowest BCUT2D eigenvalue weighted by atomic mass is 10.0. The number of likely N-dealkylation sites (tertiary alicyclic amines) is 1. The summed E-state index contributed by atoms with van der Waals surface area (Å²) in [6.07, 6.45) is 3.40. The second-order valence-corrected chi connectivity index (χ2v) is 5.94. The first-order valence-corrected chi connectivity index (χ1v) is 7.80. The molecule has 0 bridgehead atoms. The summed E-state index contributed by atoms with van der Waals surface area (Å²) in [5.41, 5.74) is 1.32. The zero-order chi connectivity index (χ0) is 15.7. The summed E-state index contributed by atoms with van der Waals surface area (Å²) >= 11 is 0. The molecule has 2 aliphatic heterocycles. The maximum absolute atomic E-state index is 12.5. The summed E-state index contributed by atoms with van der Waals surface area (Å²) in [7, 11) is 0. The van der Waals surface area contributed by atoms with Crippen LogP contribution in [-0.2, 0) is 9.59 Å². The summed E-state index contributed by atoms with van der Waals surface area (Å²) < 4.78 is 0. The third kappa shape index (κ3) is 2.51. The number of amides is 3. The number of rotatable bonds is 2. The van der Waals surface area contributed by atoms with E-state index < -0.39 is 6.04 Å². The molecule has 0 spiro atoms. The van der Waals surface area contributed by atoms with Crippen LogP contribution in [0.5, 0.6) is 0 Å². The summed E-state index contributed by atoms with van der Waals surface area (Å²) in [4.78, 5) is 39.9. The van der Waals surface area contributed by atoms with E-state index in [0.717, 1.165) is 37.9 Å². The van der Waals surface area contributed by atoms with Crippen LogP contribution in [0.2, 0.25) is 0 Å². The van der Waals surface area contributed by atoms with E-state index >= 15 is 0 Å². The molecule has 22 heavy (non-hydrogen) atoms. The van der Waals surface area contributed by atoms with Gasteiger partial charge in [-0.25, -0.2) is 0 Å². The van der Waals surface area contributed by atoms with Crippen molar-refractivity contribution in [3.63, 3.8) is 0 Å². The molecule has 3 amide bonds. The molecule has 1 fully saturated rings. The Balaban J connectivity index is 1.85. The summed E-state index contributed by atoms with van der Waals surface area (Å²) in [6, 6.07) is 6.72. The molecule has 5 nitrogen and oxygen atoms in total. The third-order valence-electron chi connectivity index (χ3n) is 4.50. The predicted molar refractivity (Wildman–Crippen MR) is 81.1 cm³/mol. The van der Waals surface area contributed by atoms with Crippen LogP contribution in [0.15, 0.2) is 24.3 Å². The SMILES string of the molecule is CC(=O)N1C(=O)c2ccccc2C1CC(=O)N1CCCCC1. The molecular weight excluding hydrogens is 280 g/mol. The minimum absolute atomic E-state index is 0.0282. The molecule has 0 saturated carbocycles. The zero-order valence-electron chi connectivity index (χ0n) is 12.7. The van der Waals surface area contributed by atoms with Gasteiger partial charge in [0.15, 0.2) is 0 Å². The Labute approximate surface area is 129 Å². The second kappa shape index (κ2) is 5.91. The summed E-state index contributed by atoms with van der Waals surface area (Å²) in [5, 5.41) is 0. The van der Waals surface area contributed by atoms with Crippen LogP contribution in [0.4, 0.5) is 0 Å². The number of carbonyl (C=O) groups excluding carboxylic acids is 3. The maximum Gasteiger partial charge on any atom is 0.261 e. The van der Waals surface area contributed by atoms with Crippen molar-refractivity contribution in [2.75, 3.05) is 13.1 Å². The van der Waals surface area contributed by atoms with Crippen molar-refractivity contribution in [3.8, 4) is 0 Å². The van der Waals surface area contributed by atoms with Crippen molar-refractivity contribution in [2.24, 2.45) is 0 Å². The molecular formula is C17H20N2O3. The Kier molecular flexibility index (Phi) is 3.96. The monoisotopic (exact) mass is 300 g/mol. The van der Waals surface area contributed by atoms with E-state index in [4.69, 9.17) is 0 Å². The quantitative estimate of drug-likeness (QED) is 0.840. The van der Waals surface area contributed by atoms with Crippen LogP contribution < -0.4 is 0 Å². The van der Waals surface area contributed by atoms with Crippen molar-refractivity contribution in [2.45, 2.75) is 38.6 Å². The lowest BCUT2D eigenvalue weighted by Gasteiger charge is -2.29. The fraction of sp³-hybridized carbons (Fsp3) is 0.471. The molecule has 1 aromatic carbocycles. The van der Waals surface area contributed by atoms with Crippen LogP contribution in [0, 0.1) is 0 Å². The molecule has 2 heterocycles. The Morgan fingerprint density at radius 1 is 1.14 bits per heavy atom. The first kappa shape index (κ1) is 14.8. The molecule has 0 N–H and O–H groups in total. The maximum atomic E-state index is 12.5. The van der Waals surface area contributed by atoms with Crippen molar-refractivity contribution in [1.29, 1.82) is 0 Å². The fourth-order valence-electron chi connectivity index (χ4n) is 3.39. The van der Waals surface area contributed by atoms with Gasteiger partial charge >= 0.3 is 0 Å². The van der Waals surface area contributed by atoms with E-state index in [-0.39, 0.29) is 24.1 Å². The number of hydrogen-bond donors (Lipinski definition) is 0. The Hall–Kier alpha value is -2.17. The van der Waals surface area contributed by atoms with Crippen molar-refractivity contribution < 1.29 is 14.4 Å². The molecule has 0 aliphatic carbocycles. The normalized spacial score (nSPS) is 21.0. The summed E-state index contributed by atoms with van der Waals surface area (Å²) in [6.45, 7) is 2.94. The summed E-state index contributed by atoms with van der Waals surface area (Å²) in [5.74, 6) is -0.572. The van der Waals surface area contributed by atoms with Gasteiger partial charge in [-0.05, 0) is 30.9 Å². The van der Waals surface area contributed by atoms with Gasteiger partial charge in [0.05, 0.1) is 12.5 Å². The first-order chi connectivity index (χ1) is 10.6. The fourth-order valence-corrected chi connectivity index (χ4v) is 3.39. The van der Waals surface area contributed by atoms with Gasteiger partial charge in [-0.1, -0.05) is 18.2 Å². The van der Waals surface area contributed by atoms with Gasteiger partial charge in [-0.3, -0.25) is 19.3 Å². The Bertz CT molecular complexity index is 620. The largest absolute Gasteiger partial charge is 0.343 e. The number of fused-ring (bicyclic) bond motifs is 1. The van der Waals surface area contributed by atoms with Crippen LogP contribution >= 0.6 is 0 Å². The minimum Gasteiger partial charge on any atom is -0.343 e. The molecule has 1 atom stereocenters. The van der Waals surface area contributed by atoms with E-state index in [1.54, 1.807) is 12.1 Å². The molecule has 2 aliphatic rings. The van der Waals surface area contributed by atoms with Gasteiger partial charge in [-0.15, -0.1) is 0 Å². The van der Waals surface area contributed by atoms with Gasteiger partial charge in [0.25, 0.3) is 5.91 Å². The minimum atomic E-state index is -0.462. The Morgan fingerprint density at radius 2 is 1.82 bits per heavy atom. The van der Waals surface area contributed by atoms with E-state index in [9.17, 15) is 14.4 Å². The van der Waals surface area contributed by atoms with Crippen LogP contribution in [0.1, 0.15) is 54.6 Å². The molecule has 3 rings (SSSR count). The van der Waals surface area contributed by atoms with Crippen LogP contribution in [0.25, 0.3) is 0 Å². The highest BCUT2D eigenvalue weighted by atomic mass is 16.2. The smallest absolute Gasteiger partial charge is 0.261 e. The molecule has 116 valence electrons. The lowest BCUT2D eigenvalue weighted by molar-refractivity contribution is -0.134.